The van der Waals surface area contributed by atoms with E-state index in [0.29, 0.717) is 22.7 Å². The van der Waals surface area contributed by atoms with Gasteiger partial charge in [-0.2, -0.15) is 5.26 Å². The SMILES string of the molecule is C[C@H](Oc1cccc(F)c1C#N)C(=O)Nc1ccc2oc(-c3ccncc3)nc2c1. The molecule has 2 aromatic heterocycles. The molecule has 0 unspecified atom stereocenters. The fourth-order valence-electron chi connectivity index (χ4n) is 2.82. The molecule has 1 amide bonds. The van der Waals surface area contributed by atoms with Crippen molar-refractivity contribution in [3.63, 3.8) is 0 Å². The molecule has 2 heterocycles. The van der Waals surface area contributed by atoms with Crippen molar-refractivity contribution >= 4 is 22.7 Å². The van der Waals surface area contributed by atoms with E-state index >= 15 is 0 Å². The molecule has 8 heteroatoms. The molecule has 0 saturated carbocycles. The number of anilines is 1. The first-order chi connectivity index (χ1) is 14.5. The van der Waals surface area contributed by atoms with Crippen molar-refractivity contribution < 1.29 is 18.3 Å². The normalized spacial score (nSPS) is 11.6. The monoisotopic (exact) mass is 402 g/mol. The standard InChI is InChI=1S/C22H15FN4O3/c1-13(29-19-4-2-3-17(23)16(19)12-24)21(28)26-15-5-6-20-18(11-15)27-22(30-20)14-7-9-25-10-8-14/h2-11,13H,1H3,(H,26,28)/t13-/m0/s1. The van der Waals surface area contributed by atoms with Crippen molar-refractivity contribution in [3.05, 3.63) is 72.3 Å². The van der Waals surface area contributed by atoms with Gasteiger partial charge < -0.3 is 14.5 Å². The maximum atomic E-state index is 13.7. The number of hydrogen-bond donors (Lipinski definition) is 1. The lowest BCUT2D eigenvalue weighted by atomic mass is 10.2. The summed E-state index contributed by atoms with van der Waals surface area (Å²) in [5.74, 6) is -0.707. The minimum absolute atomic E-state index is 0.00842. The highest BCUT2D eigenvalue weighted by atomic mass is 19.1. The number of rotatable bonds is 5. The number of fused-ring (bicyclic) bond motifs is 1. The third-order valence-electron chi connectivity index (χ3n) is 4.34. The number of amides is 1. The first kappa shape index (κ1) is 19.1. The molecule has 148 valence electrons. The third kappa shape index (κ3) is 3.82. The lowest BCUT2D eigenvalue weighted by molar-refractivity contribution is -0.122. The Kier molecular flexibility index (Phi) is 5.09. The molecular formula is C22H15FN4O3. The lowest BCUT2D eigenvalue weighted by Crippen LogP contribution is -2.30. The summed E-state index contributed by atoms with van der Waals surface area (Å²) in [6.07, 6.45) is 2.33. The van der Waals surface area contributed by atoms with Crippen molar-refractivity contribution in [1.82, 2.24) is 9.97 Å². The maximum absolute atomic E-state index is 13.7. The fraction of sp³-hybridized carbons (Fsp3) is 0.0909. The first-order valence-electron chi connectivity index (χ1n) is 9.02. The molecule has 7 nitrogen and oxygen atoms in total. The Labute approximate surface area is 170 Å². The maximum Gasteiger partial charge on any atom is 0.265 e. The van der Waals surface area contributed by atoms with Gasteiger partial charge in [0.1, 0.15) is 28.7 Å². The topological polar surface area (TPSA) is 101 Å². The number of benzene rings is 2. The van der Waals surface area contributed by atoms with Gasteiger partial charge in [0.05, 0.1) is 0 Å². The smallest absolute Gasteiger partial charge is 0.265 e. The number of ether oxygens (including phenoxy) is 1. The number of aromatic nitrogens is 2. The van der Waals surface area contributed by atoms with Gasteiger partial charge in [0.25, 0.3) is 5.91 Å². The Balaban J connectivity index is 1.50. The molecule has 30 heavy (non-hydrogen) atoms. The second-order valence-electron chi connectivity index (χ2n) is 6.41. The van der Waals surface area contributed by atoms with Gasteiger partial charge in [0, 0.05) is 23.6 Å². The fourth-order valence-corrected chi connectivity index (χ4v) is 2.82. The van der Waals surface area contributed by atoms with Gasteiger partial charge in [0.15, 0.2) is 11.7 Å². The molecule has 0 aliphatic heterocycles. The van der Waals surface area contributed by atoms with Gasteiger partial charge in [-0.05, 0) is 49.4 Å². The number of halogens is 1. The highest BCUT2D eigenvalue weighted by molar-refractivity contribution is 5.95. The van der Waals surface area contributed by atoms with Crippen molar-refractivity contribution in [3.8, 4) is 23.3 Å². The van der Waals surface area contributed by atoms with E-state index in [0.717, 1.165) is 11.6 Å². The average molecular weight is 402 g/mol. The molecule has 0 aliphatic carbocycles. The molecule has 0 bridgehead atoms. The minimum atomic E-state index is -0.959. The first-order valence-corrected chi connectivity index (χ1v) is 9.02. The van der Waals surface area contributed by atoms with Crippen LogP contribution < -0.4 is 10.1 Å². The summed E-state index contributed by atoms with van der Waals surface area (Å²) in [5, 5.41) is 11.8. The van der Waals surface area contributed by atoms with Crippen LogP contribution in [0.25, 0.3) is 22.6 Å². The predicted octanol–water partition coefficient (Wildman–Crippen LogP) is 4.31. The van der Waals surface area contributed by atoms with E-state index in [1.807, 2.05) is 0 Å². The van der Waals surface area contributed by atoms with Crippen LogP contribution in [-0.4, -0.2) is 22.0 Å². The van der Waals surface area contributed by atoms with E-state index in [4.69, 9.17) is 14.4 Å². The molecule has 0 fully saturated rings. The molecule has 0 radical (unpaired) electrons. The number of oxazole rings is 1. The van der Waals surface area contributed by atoms with Crippen LogP contribution in [0.1, 0.15) is 12.5 Å². The van der Waals surface area contributed by atoms with Gasteiger partial charge in [-0.1, -0.05) is 6.07 Å². The summed E-state index contributed by atoms with van der Waals surface area (Å²) in [7, 11) is 0. The molecule has 1 atom stereocenters. The zero-order chi connectivity index (χ0) is 21.1. The molecule has 4 aromatic rings. The number of nitrogens with one attached hydrogen (secondary N) is 1. The number of nitriles is 1. The van der Waals surface area contributed by atoms with Gasteiger partial charge >= 0.3 is 0 Å². The second kappa shape index (κ2) is 8.01. The summed E-state index contributed by atoms with van der Waals surface area (Å²) in [6.45, 7) is 1.51. The van der Waals surface area contributed by atoms with Crippen LogP contribution in [0.3, 0.4) is 0 Å². The van der Waals surface area contributed by atoms with Crippen molar-refractivity contribution in [2.45, 2.75) is 13.0 Å². The Morgan fingerprint density at radius 2 is 2.03 bits per heavy atom. The molecule has 0 saturated heterocycles. The predicted molar refractivity (Wildman–Crippen MR) is 107 cm³/mol. The number of hydrogen-bond acceptors (Lipinski definition) is 6. The van der Waals surface area contributed by atoms with Crippen LogP contribution in [0.15, 0.2) is 65.3 Å². The zero-order valence-corrected chi connectivity index (χ0v) is 15.8. The van der Waals surface area contributed by atoms with Crippen LogP contribution in [0, 0.1) is 17.1 Å². The largest absolute Gasteiger partial charge is 0.479 e. The molecular weight excluding hydrogens is 387 g/mol. The third-order valence-corrected chi connectivity index (χ3v) is 4.34. The zero-order valence-electron chi connectivity index (χ0n) is 15.8. The Morgan fingerprint density at radius 1 is 1.23 bits per heavy atom. The molecule has 2 aromatic carbocycles. The van der Waals surface area contributed by atoms with Crippen LogP contribution in [0.4, 0.5) is 10.1 Å². The van der Waals surface area contributed by atoms with Crippen LogP contribution in [0.2, 0.25) is 0 Å². The van der Waals surface area contributed by atoms with Gasteiger partial charge in [-0.3, -0.25) is 9.78 Å². The molecule has 1 N–H and O–H groups in total. The van der Waals surface area contributed by atoms with E-state index in [9.17, 15) is 9.18 Å². The van der Waals surface area contributed by atoms with Crippen LogP contribution in [0.5, 0.6) is 5.75 Å². The van der Waals surface area contributed by atoms with Gasteiger partial charge in [-0.25, -0.2) is 9.37 Å². The lowest BCUT2D eigenvalue weighted by Gasteiger charge is -2.15. The summed E-state index contributed by atoms with van der Waals surface area (Å²) < 4.78 is 24.9. The second-order valence-corrected chi connectivity index (χ2v) is 6.41. The Morgan fingerprint density at radius 3 is 2.80 bits per heavy atom. The molecule has 0 aliphatic rings. The Bertz CT molecular complexity index is 1260. The van der Waals surface area contributed by atoms with Crippen molar-refractivity contribution in [2.24, 2.45) is 0 Å². The quantitative estimate of drug-likeness (QED) is 0.534. The van der Waals surface area contributed by atoms with Gasteiger partial charge in [0.2, 0.25) is 5.89 Å². The van der Waals surface area contributed by atoms with E-state index < -0.39 is 17.8 Å². The summed E-state index contributed by atoms with van der Waals surface area (Å²) in [4.78, 5) is 20.9. The summed E-state index contributed by atoms with van der Waals surface area (Å²) in [6, 6.07) is 14.4. The van der Waals surface area contributed by atoms with Crippen LogP contribution in [-0.2, 0) is 4.79 Å². The highest BCUT2D eigenvalue weighted by Crippen LogP contribution is 2.26. The summed E-state index contributed by atoms with van der Waals surface area (Å²) >= 11 is 0. The van der Waals surface area contributed by atoms with Crippen LogP contribution >= 0.6 is 0 Å². The summed E-state index contributed by atoms with van der Waals surface area (Å²) in [5.41, 5.74) is 2.19. The number of carbonyl (C=O) groups is 1. The van der Waals surface area contributed by atoms with Crippen molar-refractivity contribution in [2.75, 3.05) is 5.32 Å². The molecule has 4 rings (SSSR count). The van der Waals surface area contributed by atoms with Crippen molar-refractivity contribution in [1.29, 1.82) is 5.26 Å². The number of pyridine rings is 1. The Hall–Kier alpha value is -4.25. The minimum Gasteiger partial charge on any atom is -0.479 e. The number of carbonyl (C=O) groups excluding carboxylic acids is 1. The molecule has 0 spiro atoms. The van der Waals surface area contributed by atoms with Gasteiger partial charge in [-0.15, -0.1) is 0 Å². The van der Waals surface area contributed by atoms with E-state index in [2.05, 4.69) is 15.3 Å². The average Bonchev–Trinajstić information content (AvgIpc) is 3.18. The van der Waals surface area contributed by atoms with E-state index in [1.54, 1.807) is 48.8 Å². The highest BCUT2D eigenvalue weighted by Gasteiger charge is 2.19. The van der Waals surface area contributed by atoms with E-state index in [1.165, 1.54) is 19.1 Å². The number of nitrogens with zero attached hydrogens (tertiary/aromatic N) is 3. The van der Waals surface area contributed by atoms with E-state index in [-0.39, 0.29) is 11.3 Å².